The molecular formula is C14H17ClFNO2. The minimum atomic E-state index is -0.672. The molecule has 0 aliphatic rings. The average Bonchev–Trinajstić information content (AvgIpc) is 2.30. The molecule has 1 atom stereocenters. The van der Waals surface area contributed by atoms with Gasteiger partial charge >= 0.3 is 0 Å². The standard InChI is InChI=1S/C14H17ClFNO2/c1-9(2)7-12(14(15)19)17-13(18)8-10-3-5-11(16)6-4-10/h3-6,9,12H,7-8H2,1-2H3,(H,17,18). The Morgan fingerprint density at radius 2 is 1.84 bits per heavy atom. The Morgan fingerprint density at radius 1 is 1.26 bits per heavy atom. The van der Waals surface area contributed by atoms with E-state index in [9.17, 15) is 14.0 Å². The van der Waals surface area contributed by atoms with E-state index in [4.69, 9.17) is 11.6 Å². The van der Waals surface area contributed by atoms with Crippen molar-refractivity contribution in [1.82, 2.24) is 5.32 Å². The highest BCUT2D eigenvalue weighted by Crippen LogP contribution is 2.09. The Hall–Kier alpha value is -1.42. The maximum absolute atomic E-state index is 12.7. The molecule has 1 aromatic carbocycles. The Kier molecular flexibility index (Phi) is 5.96. The van der Waals surface area contributed by atoms with Gasteiger partial charge < -0.3 is 5.32 Å². The summed E-state index contributed by atoms with van der Waals surface area (Å²) in [5, 5.41) is 2.03. The van der Waals surface area contributed by atoms with Crippen molar-refractivity contribution < 1.29 is 14.0 Å². The van der Waals surface area contributed by atoms with Gasteiger partial charge in [-0.05, 0) is 41.6 Å². The first-order valence-corrected chi connectivity index (χ1v) is 6.49. The summed E-state index contributed by atoms with van der Waals surface area (Å²) in [5.41, 5.74) is 0.684. The van der Waals surface area contributed by atoms with E-state index >= 15 is 0 Å². The number of nitrogens with one attached hydrogen (secondary N) is 1. The molecule has 0 bridgehead atoms. The zero-order chi connectivity index (χ0) is 14.4. The number of hydrogen-bond acceptors (Lipinski definition) is 2. The Morgan fingerprint density at radius 3 is 2.32 bits per heavy atom. The number of carbonyl (C=O) groups is 2. The van der Waals surface area contributed by atoms with Gasteiger partial charge in [0.2, 0.25) is 11.1 Å². The van der Waals surface area contributed by atoms with Crippen molar-refractivity contribution in [2.45, 2.75) is 32.7 Å². The fraction of sp³-hybridized carbons (Fsp3) is 0.429. The van der Waals surface area contributed by atoms with Crippen molar-refractivity contribution in [3.63, 3.8) is 0 Å². The molecule has 1 unspecified atom stereocenters. The normalized spacial score (nSPS) is 12.3. The Balaban J connectivity index is 2.57. The molecule has 1 N–H and O–H groups in total. The molecule has 3 nitrogen and oxygen atoms in total. The zero-order valence-corrected chi connectivity index (χ0v) is 11.7. The van der Waals surface area contributed by atoms with E-state index in [1.54, 1.807) is 0 Å². The first-order valence-electron chi connectivity index (χ1n) is 6.11. The monoisotopic (exact) mass is 285 g/mol. The summed E-state index contributed by atoms with van der Waals surface area (Å²) < 4.78 is 12.7. The van der Waals surface area contributed by atoms with Crippen LogP contribution in [-0.2, 0) is 16.0 Å². The van der Waals surface area contributed by atoms with E-state index < -0.39 is 11.3 Å². The van der Waals surface area contributed by atoms with Crippen LogP contribution >= 0.6 is 11.6 Å². The van der Waals surface area contributed by atoms with Crippen molar-refractivity contribution in [2.24, 2.45) is 5.92 Å². The molecule has 1 amide bonds. The molecule has 0 aliphatic carbocycles. The molecule has 0 aromatic heterocycles. The summed E-state index contributed by atoms with van der Waals surface area (Å²) in [5.74, 6) is -0.400. The molecule has 104 valence electrons. The predicted octanol–water partition coefficient (Wildman–Crippen LogP) is 2.66. The molecule has 0 fully saturated rings. The largest absolute Gasteiger partial charge is 0.345 e. The fourth-order valence-corrected chi connectivity index (χ4v) is 1.86. The van der Waals surface area contributed by atoms with E-state index in [2.05, 4.69) is 5.32 Å². The van der Waals surface area contributed by atoms with Gasteiger partial charge in [-0.3, -0.25) is 9.59 Å². The third-order valence-corrected chi connectivity index (χ3v) is 2.86. The van der Waals surface area contributed by atoms with Crippen LogP contribution in [0.2, 0.25) is 0 Å². The number of hydrogen-bond donors (Lipinski definition) is 1. The van der Waals surface area contributed by atoms with E-state index in [1.165, 1.54) is 24.3 Å². The van der Waals surface area contributed by atoms with Gasteiger partial charge in [0.15, 0.2) is 0 Å². The molecule has 0 saturated carbocycles. The number of amides is 1. The Bertz CT molecular complexity index is 445. The number of rotatable bonds is 6. The van der Waals surface area contributed by atoms with Crippen LogP contribution < -0.4 is 5.32 Å². The van der Waals surface area contributed by atoms with E-state index in [0.29, 0.717) is 12.0 Å². The highest BCUT2D eigenvalue weighted by atomic mass is 35.5. The molecule has 0 heterocycles. The van der Waals surface area contributed by atoms with E-state index in [-0.39, 0.29) is 24.1 Å². The average molecular weight is 286 g/mol. The summed E-state index contributed by atoms with van der Waals surface area (Å²) in [6, 6.07) is 4.99. The number of benzene rings is 1. The van der Waals surface area contributed by atoms with Gasteiger partial charge in [-0.25, -0.2) is 4.39 Å². The minimum absolute atomic E-state index is 0.0963. The molecule has 5 heteroatoms. The van der Waals surface area contributed by atoms with Gasteiger partial charge in [-0.15, -0.1) is 0 Å². The summed E-state index contributed by atoms with van der Waals surface area (Å²) in [7, 11) is 0. The van der Waals surface area contributed by atoms with Crippen molar-refractivity contribution in [2.75, 3.05) is 0 Å². The maximum Gasteiger partial charge on any atom is 0.244 e. The van der Waals surface area contributed by atoms with E-state index in [1.807, 2.05) is 13.8 Å². The topological polar surface area (TPSA) is 46.2 Å². The lowest BCUT2D eigenvalue weighted by molar-refractivity contribution is -0.124. The lowest BCUT2D eigenvalue weighted by Gasteiger charge is -2.16. The zero-order valence-electron chi connectivity index (χ0n) is 11.0. The molecule has 0 saturated heterocycles. The second kappa shape index (κ2) is 7.24. The van der Waals surface area contributed by atoms with Crippen LogP contribution in [0.4, 0.5) is 4.39 Å². The summed E-state index contributed by atoms with van der Waals surface area (Å²) >= 11 is 5.45. The third kappa shape index (κ3) is 5.83. The second-order valence-corrected chi connectivity index (χ2v) is 5.23. The molecule has 1 rings (SSSR count). The van der Waals surface area contributed by atoms with Gasteiger partial charge in [-0.1, -0.05) is 26.0 Å². The highest BCUT2D eigenvalue weighted by Gasteiger charge is 2.20. The third-order valence-electron chi connectivity index (χ3n) is 2.59. The minimum Gasteiger partial charge on any atom is -0.345 e. The molecule has 19 heavy (non-hydrogen) atoms. The first kappa shape index (κ1) is 15.6. The van der Waals surface area contributed by atoms with Crippen LogP contribution in [0.25, 0.3) is 0 Å². The molecular weight excluding hydrogens is 269 g/mol. The quantitative estimate of drug-likeness (QED) is 0.817. The smallest absolute Gasteiger partial charge is 0.244 e. The predicted molar refractivity (Wildman–Crippen MR) is 72.3 cm³/mol. The lowest BCUT2D eigenvalue weighted by atomic mass is 10.0. The van der Waals surface area contributed by atoms with Crippen molar-refractivity contribution in [3.8, 4) is 0 Å². The summed E-state index contributed by atoms with van der Waals surface area (Å²) in [6.07, 6.45) is 0.594. The number of halogens is 2. The molecule has 0 aliphatic heterocycles. The lowest BCUT2D eigenvalue weighted by Crippen LogP contribution is -2.40. The van der Waals surface area contributed by atoms with Crippen LogP contribution in [0, 0.1) is 11.7 Å². The Labute approximate surface area is 117 Å². The fourth-order valence-electron chi connectivity index (χ4n) is 1.71. The SMILES string of the molecule is CC(C)CC(NC(=O)Cc1ccc(F)cc1)C(=O)Cl. The van der Waals surface area contributed by atoms with Crippen molar-refractivity contribution in [3.05, 3.63) is 35.6 Å². The maximum atomic E-state index is 12.7. The molecule has 0 spiro atoms. The van der Waals surface area contributed by atoms with Gasteiger partial charge in [0, 0.05) is 0 Å². The van der Waals surface area contributed by atoms with Crippen LogP contribution in [-0.4, -0.2) is 17.2 Å². The van der Waals surface area contributed by atoms with Crippen LogP contribution in [0.15, 0.2) is 24.3 Å². The molecule has 0 radical (unpaired) electrons. The van der Waals surface area contributed by atoms with Crippen molar-refractivity contribution >= 4 is 22.8 Å². The summed E-state index contributed by atoms with van der Waals surface area (Å²) in [6.45, 7) is 3.89. The van der Waals surface area contributed by atoms with Crippen LogP contribution in [0.3, 0.4) is 0 Å². The van der Waals surface area contributed by atoms with Crippen molar-refractivity contribution in [1.29, 1.82) is 0 Å². The van der Waals surface area contributed by atoms with Gasteiger partial charge in [0.05, 0.1) is 6.42 Å². The first-order chi connectivity index (χ1) is 8.88. The van der Waals surface area contributed by atoms with Crippen LogP contribution in [0.1, 0.15) is 25.8 Å². The van der Waals surface area contributed by atoms with Gasteiger partial charge in [0.1, 0.15) is 11.9 Å². The van der Waals surface area contributed by atoms with E-state index in [0.717, 1.165) is 0 Å². The van der Waals surface area contributed by atoms with Crippen LogP contribution in [0.5, 0.6) is 0 Å². The second-order valence-electron chi connectivity index (χ2n) is 4.86. The number of carbonyl (C=O) groups excluding carboxylic acids is 2. The van der Waals surface area contributed by atoms with Gasteiger partial charge in [-0.2, -0.15) is 0 Å². The van der Waals surface area contributed by atoms with Gasteiger partial charge in [0.25, 0.3) is 0 Å². The summed E-state index contributed by atoms with van der Waals surface area (Å²) in [4.78, 5) is 23.0. The highest BCUT2D eigenvalue weighted by molar-refractivity contribution is 6.64. The molecule has 1 aromatic rings.